The van der Waals surface area contributed by atoms with Gasteiger partial charge in [0.1, 0.15) is 17.2 Å². The molecule has 0 unspecified atom stereocenters. The molecule has 6 nitrogen and oxygen atoms in total. The summed E-state index contributed by atoms with van der Waals surface area (Å²) in [7, 11) is 1.62. The van der Waals surface area contributed by atoms with E-state index in [1.54, 1.807) is 7.11 Å². The van der Waals surface area contributed by atoms with Gasteiger partial charge in [-0.1, -0.05) is 6.07 Å². The smallest absolute Gasteiger partial charge is 0.254 e. The first-order valence-electron chi connectivity index (χ1n) is 7.61. The Labute approximate surface area is 140 Å². The van der Waals surface area contributed by atoms with Gasteiger partial charge in [-0.2, -0.15) is 0 Å². The van der Waals surface area contributed by atoms with Crippen LogP contribution >= 0.6 is 0 Å². The van der Waals surface area contributed by atoms with Gasteiger partial charge in [0.25, 0.3) is 5.89 Å². The summed E-state index contributed by atoms with van der Waals surface area (Å²) in [5, 5.41) is 8.04. The zero-order valence-corrected chi connectivity index (χ0v) is 13.6. The third kappa shape index (κ3) is 3.84. The minimum Gasteiger partial charge on any atom is -0.497 e. The average Bonchev–Trinajstić information content (AvgIpc) is 3.10. The summed E-state index contributed by atoms with van der Waals surface area (Å²) in [6.07, 6.45) is 0. The maximum Gasteiger partial charge on any atom is 0.254 e. The zero-order valence-electron chi connectivity index (χ0n) is 13.6. The van der Waals surface area contributed by atoms with Gasteiger partial charge in [-0.05, 0) is 43.3 Å². The molecule has 0 N–H and O–H groups in total. The van der Waals surface area contributed by atoms with Crippen LogP contribution < -0.4 is 14.2 Å². The fourth-order valence-electron chi connectivity index (χ4n) is 2.13. The van der Waals surface area contributed by atoms with Crippen molar-refractivity contribution in [1.82, 2.24) is 10.2 Å². The van der Waals surface area contributed by atoms with Gasteiger partial charge < -0.3 is 18.6 Å². The fraction of sp³-hybridized carbons (Fsp3) is 0.222. The van der Waals surface area contributed by atoms with Crippen LogP contribution in [0.25, 0.3) is 11.5 Å². The number of hydrogen-bond acceptors (Lipinski definition) is 6. The van der Waals surface area contributed by atoms with Crippen LogP contribution in [0.4, 0.5) is 0 Å². The topological polar surface area (TPSA) is 66.6 Å². The van der Waals surface area contributed by atoms with E-state index in [1.165, 1.54) is 0 Å². The highest BCUT2D eigenvalue weighted by molar-refractivity contribution is 5.53. The van der Waals surface area contributed by atoms with Crippen molar-refractivity contribution in [2.24, 2.45) is 0 Å². The summed E-state index contributed by atoms with van der Waals surface area (Å²) in [6, 6.07) is 14.8. The monoisotopic (exact) mass is 326 g/mol. The van der Waals surface area contributed by atoms with Gasteiger partial charge in [-0.3, -0.25) is 0 Å². The largest absolute Gasteiger partial charge is 0.497 e. The van der Waals surface area contributed by atoms with Gasteiger partial charge in [-0.15, -0.1) is 10.2 Å². The second-order valence-electron chi connectivity index (χ2n) is 4.93. The lowest BCUT2D eigenvalue weighted by molar-refractivity contribution is 0.262. The highest BCUT2D eigenvalue weighted by atomic mass is 16.5. The first-order valence-corrected chi connectivity index (χ1v) is 7.61. The van der Waals surface area contributed by atoms with Crippen molar-refractivity contribution in [2.75, 3.05) is 13.7 Å². The van der Waals surface area contributed by atoms with Crippen LogP contribution in [0.1, 0.15) is 12.8 Å². The van der Waals surface area contributed by atoms with Gasteiger partial charge in [0.05, 0.1) is 13.7 Å². The van der Waals surface area contributed by atoms with Crippen molar-refractivity contribution in [3.8, 4) is 28.7 Å². The molecule has 0 saturated carbocycles. The molecule has 0 aliphatic rings. The molecule has 0 saturated heterocycles. The molecule has 0 atom stereocenters. The van der Waals surface area contributed by atoms with Crippen molar-refractivity contribution in [3.05, 3.63) is 54.4 Å². The lowest BCUT2D eigenvalue weighted by atomic mass is 10.2. The maximum absolute atomic E-state index is 5.67. The minimum atomic E-state index is 0.193. The van der Waals surface area contributed by atoms with E-state index >= 15 is 0 Å². The molecule has 6 heteroatoms. The van der Waals surface area contributed by atoms with Gasteiger partial charge in [0.15, 0.2) is 6.61 Å². The maximum atomic E-state index is 5.67. The number of benzene rings is 2. The van der Waals surface area contributed by atoms with Gasteiger partial charge in [0.2, 0.25) is 5.89 Å². The predicted octanol–water partition coefficient (Wildman–Crippen LogP) is 3.72. The number of methoxy groups -OCH3 is 1. The van der Waals surface area contributed by atoms with Crippen molar-refractivity contribution in [3.63, 3.8) is 0 Å². The van der Waals surface area contributed by atoms with E-state index in [2.05, 4.69) is 10.2 Å². The number of hydrogen-bond donors (Lipinski definition) is 0. The molecule has 24 heavy (non-hydrogen) atoms. The molecule has 3 aromatic rings. The second-order valence-corrected chi connectivity index (χ2v) is 4.93. The van der Waals surface area contributed by atoms with Crippen molar-refractivity contribution in [2.45, 2.75) is 13.5 Å². The van der Waals surface area contributed by atoms with E-state index in [-0.39, 0.29) is 6.61 Å². The third-order valence-corrected chi connectivity index (χ3v) is 3.28. The molecule has 0 radical (unpaired) electrons. The molecule has 2 aromatic carbocycles. The Kier molecular flexibility index (Phi) is 4.96. The van der Waals surface area contributed by atoms with Gasteiger partial charge >= 0.3 is 0 Å². The molecule has 0 aliphatic carbocycles. The van der Waals surface area contributed by atoms with E-state index in [0.717, 1.165) is 17.1 Å². The van der Waals surface area contributed by atoms with Crippen molar-refractivity contribution < 1.29 is 18.6 Å². The Morgan fingerprint density at radius 1 is 0.917 bits per heavy atom. The molecule has 1 aromatic heterocycles. The van der Waals surface area contributed by atoms with Crippen LogP contribution in [0.2, 0.25) is 0 Å². The predicted molar refractivity (Wildman–Crippen MR) is 88.2 cm³/mol. The Bertz CT molecular complexity index is 784. The van der Waals surface area contributed by atoms with E-state index in [9.17, 15) is 0 Å². The third-order valence-electron chi connectivity index (χ3n) is 3.28. The SMILES string of the molecule is CCOc1cccc(OCc2nnc(-c3ccc(OC)cc3)o2)c1. The molecule has 0 spiro atoms. The van der Waals surface area contributed by atoms with Crippen LogP contribution in [0, 0.1) is 0 Å². The van der Waals surface area contributed by atoms with Crippen LogP contribution in [0.5, 0.6) is 17.2 Å². The number of rotatable bonds is 7. The summed E-state index contributed by atoms with van der Waals surface area (Å²) in [6.45, 7) is 2.74. The molecular formula is C18H18N2O4. The number of nitrogens with zero attached hydrogens (tertiary/aromatic N) is 2. The van der Waals surface area contributed by atoms with Crippen molar-refractivity contribution >= 4 is 0 Å². The van der Waals surface area contributed by atoms with E-state index in [4.69, 9.17) is 18.6 Å². The van der Waals surface area contributed by atoms with Crippen LogP contribution in [-0.4, -0.2) is 23.9 Å². The highest BCUT2D eigenvalue weighted by Gasteiger charge is 2.09. The molecule has 0 bridgehead atoms. The normalized spacial score (nSPS) is 10.4. The fourth-order valence-corrected chi connectivity index (χ4v) is 2.13. The zero-order chi connectivity index (χ0) is 16.8. The van der Waals surface area contributed by atoms with Crippen LogP contribution in [-0.2, 0) is 6.61 Å². The molecule has 0 aliphatic heterocycles. The first-order chi connectivity index (χ1) is 11.8. The van der Waals surface area contributed by atoms with Crippen molar-refractivity contribution in [1.29, 1.82) is 0 Å². The number of aromatic nitrogens is 2. The highest BCUT2D eigenvalue weighted by Crippen LogP contribution is 2.23. The summed E-state index contributed by atoms with van der Waals surface area (Å²) in [5.74, 6) is 3.07. The number of ether oxygens (including phenoxy) is 3. The summed E-state index contributed by atoms with van der Waals surface area (Å²) in [4.78, 5) is 0. The Balaban J connectivity index is 1.64. The lowest BCUT2D eigenvalue weighted by Crippen LogP contribution is -1.97. The lowest BCUT2D eigenvalue weighted by Gasteiger charge is -2.06. The molecule has 0 fully saturated rings. The minimum absolute atomic E-state index is 0.193. The van der Waals surface area contributed by atoms with E-state index in [0.29, 0.717) is 24.1 Å². The summed E-state index contributed by atoms with van der Waals surface area (Å²) >= 11 is 0. The van der Waals surface area contributed by atoms with E-state index < -0.39 is 0 Å². The molecular weight excluding hydrogens is 308 g/mol. The van der Waals surface area contributed by atoms with Crippen LogP contribution in [0.15, 0.2) is 52.9 Å². The second kappa shape index (κ2) is 7.50. The molecule has 124 valence electrons. The molecule has 0 amide bonds. The summed E-state index contributed by atoms with van der Waals surface area (Å²) < 4.78 is 21.9. The average molecular weight is 326 g/mol. The van der Waals surface area contributed by atoms with Crippen LogP contribution in [0.3, 0.4) is 0 Å². The standard InChI is InChI=1S/C18H18N2O4/c1-3-22-15-5-4-6-16(11-15)23-12-17-19-20-18(24-17)13-7-9-14(21-2)10-8-13/h4-11H,3,12H2,1-2H3. The van der Waals surface area contributed by atoms with Gasteiger partial charge in [0, 0.05) is 11.6 Å². The molecule has 3 rings (SSSR count). The summed E-state index contributed by atoms with van der Waals surface area (Å²) in [5.41, 5.74) is 0.827. The Hall–Kier alpha value is -3.02. The van der Waals surface area contributed by atoms with Gasteiger partial charge in [-0.25, -0.2) is 0 Å². The molecule has 1 heterocycles. The Morgan fingerprint density at radius 3 is 2.38 bits per heavy atom. The quantitative estimate of drug-likeness (QED) is 0.659. The van der Waals surface area contributed by atoms with E-state index in [1.807, 2.05) is 55.5 Å². The first kappa shape index (κ1) is 15.9. The Morgan fingerprint density at radius 2 is 1.67 bits per heavy atom.